The number of nitrogens with one attached hydrogen (secondary N) is 2. The molecule has 3 heterocycles. The number of ketones is 1. The number of benzene rings is 2. The first-order valence-electron chi connectivity index (χ1n) is 10.7. The van der Waals surface area contributed by atoms with Crippen LogP contribution in [0.15, 0.2) is 78.3 Å². The molecule has 0 saturated heterocycles. The van der Waals surface area contributed by atoms with Crippen molar-refractivity contribution in [2.45, 2.75) is 19.0 Å². The third kappa shape index (κ3) is 4.27. The number of Topliss-reactive ketones (excluding diaryl/α,β-unsaturated/α-hetero) is 1. The monoisotopic (exact) mass is 457 g/mol. The summed E-state index contributed by atoms with van der Waals surface area (Å²) < 4.78 is 7.43. The molecule has 2 aromatic carbocycles. The van der Waals surface area contributed by atoms with E-state index in [1.165, 1.54) is 5.56 Å². The van der Waals surface area contributed by atoms with Crippen molar-refractivity contribution in [1.29, 1.82) is 0 Å². The van der Waals surface area contributed by atoms with Gasteiger partial charge in [-0.2, -0.15) is 0 Å². The molecule has 5 rings (SSSR count). The first-order chi connectivity index (χ1) is 16.1. The zero-order valence-corrected chi connectivity index (χ0v) is 18.9. The fourth-order valence-electron chi connectivity index (χ4n) is 4.12. The Kier molecular flexibility index (Phi) is 5.71. The molecule has 1 aliphatic heterocycles. The van der Waals surface area contributed by atoms with Gasteiger partial charge in [0.05, 0.1) is 25.1 Å². The quantitative estimate of drug-likeness (QED) is 0.394. The number of thiophene rings is 1. The summed E-state index contributed by atoms with van der Waals surface area (Å²) in [6, 6.07) is 20.1. The SMILES string of the molecule is COc1ccccc1CC(=O)Nc1ccc(C(=O)C2Nc3sccc3Cn3cccc32)cc1. The van der Waals surface area contributed by atoms with Crippen molar-refractivity contribution < 1.29 is 14.3 Å². The number of methoxy groups -OCH3 is 1. The topological polar surface area (TPSA) is 72.4 Å². The van der Waals surface area contributed by atoms with Crippen LogP contribution in [0.1, 0.15) is 33.2 Å². The van der Waals surface area contributed by atoms with E-state index in [9.17, 15) is 9.59 Å². The maximum atomic E-state index is 13.4. The van der Waals surface area contributed by atoms with Crippen molar-refractivity contribution in [3.05, 3.63) is 101 Å². The Balaban J connectivity index is 1.31. The Hall–Kier alpha value is -3.84. The molecule has 2 aromatic heterocycles. The van der Waals surface area contributed by atoms with Crippen LogP contribution in [0.5, 0.6) is 5.75 Å². The minimum absolute atomic E-state index is 0.0110. The molecule has 2 N–H and O–H groups in total. The molecule has 166 valence electrons. The van der Waals surface area contributed by atoms with Crippen LogP contribution in [0.25, 0.3) is 0 Å². The van der Waals surface area contributed by atoms with E-state index < -0.39 is 6.04 Å². The maximum absolute atomic E-state index is 13.4. The maximum Gasteiger partial charge on any atom is 0.228 e. The Bertz CT molecular complexity index is 1310. The lowest BCUT2D eigenvalue weighted by atomic mass is 10.0. The van der Waals surface area contributed by atoms with Gasteiger partial charge in [-0.25, -0.2) is 0 Å². The summed E-state index contributed by atoms with van der Waals surface area (Å²) >= 11 is 1.61. The summed E-state index contributed by atoms with van der Waals surface area (Å²) in [6.07, 6.45) is 2.21. The molecule has 4 aromatic rings. The van der Waals surface area contributed by atoms with Crippen LogP contribution >= 0.6 is 11.3 Å². The zero-order chi connectivity index (χ0) is 22.8. The van der Waals surface area contributed by atoms with Crippen LogP contribution in [0, 0.1) is 0 Å². The van der Waals surface area contributed by atoms with Gasteiger partial charge in [0.1, 0.15) is 11.8 Å². The molecule has 1 aliphatic rings. The predicted octanol–water partition coefficient (Wildman–Crippen LogP) is 5.14. The highest BCUT2D eigenvalue weighted by atomic mass is 32.1. The number of carbonyl (C=O) groups is 2. The van der Waals surface area contributed by atoms with Gasteiger partial charge >= 0.3 is 0 Å². The molecular formula is C26H23N3O3S. The van der Waals surface area contributed by atoms with Crippen molar-refractivity contribution >= 4 is 33.7 Å². The van der Waals surface area contributed by atoms with Crippen molar-refractivity contribution in [2.24, 2.45) is 0 Å². The average molecular weight is 458 g/mol. The molecular weight excluding hydrogens is 434 g/mol. The highest BCUT2D eigenvalue weighted by Crippen LogP contribution is 2.34. The van der Waals surface area contributed by atoms with Gasteiger partial charge in [-0.05, 0) is 53.9 Å². The summed E-state index contributed by atoms with van der Waals surface area (Å²) in [4.78, 5) is 25.9. The molecule has 0 saturated carbocycles. The molecule has 6 nitrogen and oxygen atoms in total. The minimum Gasteiger partial charge on any atom is -0.496 e. The zero-order valence-electron chi connectivity index (χ0n) is 18.1. The number of rotatable bonds is 6. The number of hydrogen-bond donors (Lipinski definition) is 2. The Morgan fingerprint density at radius 3 is 2.73 bits per heavy atom. The van der Waals surface area contributed by atoms with E-state index in [2.05, 4.69) is 21.3 Å². The molecule has 0 spiro atoms. The molecule has 1 amide bonds. The number of hydrogen-bond acceptors (Lipinski definition) is 5. The summed E-state index contributed by atoms with van der Waals surface area (Å²) in [5, 5.41) is 9.39. The molecule has 1 atom stereocenters. The standard InChI is InChI=1S/C26H23N3O3S/c1-32-22-7-3-2-5-18(22)15-23(30)27-20-10-8-17(9-11-20)25(31)24-21-6-4-13-29(21)16-19-12-14-33-26(19)28-24/h2-14,24,28H,15-16H2,1H3,(H,27,30). The summed E-state index contributed by atoms with van der Waals surface area (Å²) in [7, 11) is 1.59. The van der Waals surface area contributed by atoms with E-state index in [0.29, 0.717) is 17.0 Å². The van der Waals surface area contributed by atoms with Crippen molar-refractivity contribution in [3.8, 4) is 5.75 Å². The number of anilines is 2. The van der Waals surface area contributed by atoms with E-state index in [0.717, 1.165) is 22.8 Å². The Morgan fingerprint density at radius 1 is 1.09 bits per heavy atom. The number of aromatic nitrogens is 1. The fraction of sp³-hybridized carbons (Fsp3) is 0.154. The van der Waals surface area contributed by atoms with Crippen LogP contribution in [-0.2, 0) is 17.8 Å². The first kappa shape index (κ1) is 21.0. The van der Waals surface area contributed by atoms with Crippen LogP contribution < -0.4 is 15.4 Å². The summed E-state index contributed by atoms with van der Waals surface area (Å²) in [6.45, 7) is 0.745. The molecule has 33 heavy (non-hydrogen) atoms. The number of fused-ring (bicyclic) bond motifs is 2. The smallest absolute Gasteiger partial charge is 0.228 e. The van der Waals surface area contributed by atoms with Gasteiger partial charge in [0.25, 0.3) is 0 Å². The average Bonchev–Trinajstić information content (AvgIpc) is 3.45. The second-order valence-electron chi connectivity index (χ2n) is 7.89. The highest BCUT2D eigenvalue weighted by molar-refractivity contribution is 7.14. The van der Waals surface area contributed by atoms with Crippen LogP contribution in [0.3, 0.4) is 0 Å². The second kappa shape index (κ2) is 8.96. The first-order valence-corrected chi connectivity index (χ1v) is 11.5. The van der Waals surface area contributed by atoms with E-state index in [-0.39, 0.29) is 18.1 Å². The van der Waals surface area contributed by atoms with Crippen LogP contribution in [0.4, 0.5) is 10.7 Å². The minimum atomic E-state index is -0.467. The second-order valence-corrected chi connectivity index (χ2v) is 8.81. The summed E-state index contributed by atoms with van der Waals surface area (Å²) in [5.41, 5.74) is 4.17. The van der Waals surface area contributed by atoms with E-state index in [1.807, 2.05) is 48.0 Å². The largest absolute Gasteiger partial charge is 0.496 e. The third-order valence-corrected chi connectivity index (χ3v) is 6.67. The van der Waals surface area contributed by atoms with Crippen molar-refractivity contribution in [1.82, 2.24) is 4.57 Å². The lowest BCUT2D eigenvalue weighted by Crippen LogP contribution is -2.22. The Labute approximate surface area is 195 Å². The Morgan fingerprint density at radius 2 is 1.91 bits per heavy atom. The highest BCUT2D eigenvalue weighted by Gasteiger charge is 2.28. The molecule has 7 heteroatoms. The van der Waals surface area contributed by atoms with Gasteiger partial charge in [-0.15, -0.1) is 11.3 Å². The molecule has 1 unspecified atom stereocenters. The molecule has 0 bridgehead atoms. The normalized spacial score (nSPS) is 14.4. The fourth-order valence-corrected chi connectivity index (χ4v) is 4.96. The van der Waals surface area contributed by atoms with Gasteiger partial charge in [0.15, 0.2) is 5.78 Å². The van der Waals surface area contributed by atoms with E-state index in [4.69, 9.17) is 4.74 Å². The van der Waals surface area contributed by atoms with Gasteiger partial charge in [-0.1, -0.05) is 18.2 Å². The predicted molar refractivity (Wildman–Crippen MR) is 130 cm³/mol. The number of nitrogens with zero attached hydrogens (tertiary/aromatic N) is 1. The lowest BCUT2D eigenvalue weighted by Gasteiger charge is -2.17. The van der Waals surface area contributed by atoms with Crippen molar-refractivity contribution in [3.63, 3.8) is 0 Å². The molecule has 0 fully saturated rings. The third-order valence-electron chi connectivity index (χ3n) is 5.78. The van der Waals surface area contributed by atoms with Crippen LogP contribution in [-0.4, -0.2) is 23.4 Å². The van der Waals surface area contributed by atoms with Gasteiger partial charge in [-0.3, -0.25) is 9.59 Å². The number of amides is 1. The van der Waals surface area contributed by atoms with E-state index >= 15 is 0 Å². The van der Waals surface area contributed by atoms with Crippen LogP contribution in [0.2, 0.25) is 0 Å². The van der Waals surface area contributed by atoms with Gasteiger partial charge < -0.3 is 19.9 Å². The number of para-hydroxylation sites is 1. The van der Waals surface area contributed by atoms with Gasteiger partial charge in [0.2, 0.25) is 5.91 Å². The number of carbonyl (C=O) groups excluding carboxylic acids is 2. The van der Waals surface area contributed by atoms with E-state index in [1.54, 1.807) is 42.7 Å². The lowest BCUT2D eigenvalue weighted by molar-refractivity contribution is -0.115. The summed E-state index contributed by atoms with van der Waals surface area (Å²) in [5.74, 6) is 0.526. The number of ether oxygens (including phenoxy) is 1. The molecule has 0 aliphatic carbocycles. The van der Waals surface area contributed by atoms with Gasteiger partial charge in [0, 0.05) is 34.3 Å². The molecule has 0 radical (unpaired) electrons. The van der Waals surface area contributed by atoms with Crippen molar-refractivity contribution in [2.75, 3.05) is 17.7 Å².